The molecule has 21 heavy (non-hydrogen) atoms. The SMILES string of the molecule is N#Cc1c(F)cccc1Oc1cc(N)cc(C(F)(F)F)c1. The van der Waals surface area contributed by atoms with Crippen LogP contribution < -0.4 is 10.5 Å². The third-order valence-corrected chi connectivity index (χ3v) is 2.57. The average molecular weight is 296 g/mol. The standard InChI is InChI=1S/C14H8F4N2O/c15-12-2-1-3-13(11(12)7-19)21-10-5-8(14(16,17)18)4-9(20)6-10/h1-6H,20H2. The maximum Gasteiger partial charge on any atom is 0.416 e. The zero-order chi connectivity index (χ0) is 15.6. The van der Waals surface area contributed by atoms with Gasteiger partial charge in [-0.15, -0.1) is 0 Å². The number of anilines is 1. The molecule has 0 heterocycles. The second-order valence-corrected chi connectivity index (χ2v) is 4.12. The molecule has 0 atom stereocenters. The summed E-state index contributed by atoms with van der Waals surface area (Å²) in [7, 11) is 0. The summed E-state index contributed by atoms with van der Waals surface area (Å²) in [6.45, 7) is 0. The second-order valence-electron chi connectivity index (χ2n) is 4.12. The van der Waals surface area contributed by atoms with Crippen molar-refractivity contribution in [2.45, 2.75) is 6.18 Å². The molecule has 0 radical (unpaired) electrons. The van der Waals surface area contributed by atoms with Crippen LogP contribution in [0.4, 0.5) is 23.2 Å². The minimum Gasteiger partial charge on any atom is -0.456 e. The molecule has 0 spiro atoms. The molecule has 0 saturated carbocycles. The molecule has 2 rings (SSSR count). The van der Waals surface area contributed by atoms with Crippen molar-refractivity contribution in [3.05, 3.63) is 53.3 Å². The molecule has 2 aromatic rings. The number of benzene rings is 2. The van der Waals surface area contributed by atoms with Gasteiger partial charge in [-0.3, -0.25) is 0 Å². The van der Waals surface area contributed by atoms with Crippen molar-refractivity contribution in [3.63, 3.8) is 0 Å². The fourth-order valence-corrected chi connectivity index (χ4v) is 1.67. The van der Waals surface area contributed by atoms with E-state index in [4.69, 9.17) is 15.7 Å². The molecule has 0 amide bonds. The average Bonchev–Trinajstić information content (AvgIpc) is 2.37. The molecule has 0 saturated heterocycles. The number of nitrogens with zero attached hydrogens (tertiary/aromatic N) is 1. The Morgan fingerprint density at radius 1 is 1.14 bits per heavy atom. The molecule has 7 heteroatoms. The van der Waals surface area contributed by atoms with E-state index in [2.05, 4.69) is 0 Å². The normalized spacial score (nSPS) is 11.0. The van der Waals surface area contributed by atoms with Crippen LogP contribution in [0.25, 0.3) is 0 Å². The van der Waals surface area contributed by atoms with Crippen LogP contribution in [-0.4, -0.2) is 0 Å². The first kappa shape index (κ1) is 14.7. The van der Waals surface area contributed by atoms with E-state index in [9.17, 15) is 17.6 Å². The lowest BCUT2D eigenvalue weighted by Gasteiger charge is -2.12. The maximum absolute atomic E-state index is 13.4. The zero-order valence-corrected chi connectivity index (χ0v) is 10.4. The molecular weight excluding hydrogens is 288 g/mol. The lowest BCUT2D eigenvalue weighted by Crippen LogP contribution is -2.06. The van der Waals surface area contributed by atoms with Crippen molar-refractivity contribution < 1.29 is 22.3 Å². The van der Waals surface area contributed by atoms with E-state index >= 15 is 0 Å². The fraction of sp³-hybridized carbons (Fsp3) is 0.0714. The lowest BCUT2D eigenvalue weighted by molar-refractivity contribution is -0.137. The van der Waals surface area contributed by atoms with Gasteiger partial charge >= 0.3 is 6.18 Å². The van der Waals surface area contributed by atoms with Gasteiger partial charge in [0.25, 0.3) is 0 Å². The number of hydrogen-bond acceptors (Lipinski definition) is 3. The van der Waals surface area contributed by atoms with Crippen LogP contribution in [0.5, 0.6) is 11.5 Å². The number of hydrogen-bond donors (Lipinski definition) is 1. The van der Waals surface area contributed by atoms with Gasteiger partial charge in [0.1, 0.15) is 28.9 Å². The van der Waals surface area contributed by atoms with Crippen molar-refractivity contribution >= 4 is 5.69 Å². The Balaban J connectivity index is 2.44. The molecule has 0 aliphatic rings. The van der Waals surface area contributed by atoms with Gasteiger partial charge in [0.05, 0.1) is 5.56 Å². The summed E-state index contributed by atoms with van der Waals surface area (Å²) < 4.78 is 56.6. The maximum atomic E-state index is 13.4. The van der Waals surface area contributed by atoms with E-state index in [0.29, 0.717) is 0 Å². The van der Waals surface area contributed by atoms with Gasteiger partial charge in [0, 0.05) is 11.8 Å². The third-order valence-electron chi connectivity index (χ3n) is 2.57. The second kappa shape index (κ2) is 5.32. The zero-order valence-electron chi connectivity index (χ0n) is 10.4. The Morgan fingerprint density at radius 3 is 2.48 bits per heavy atom. The summed E-state index contributed by atoms with van der Waals surface area (Å²) in [4.78, 5) is 0. The van der Waals surface area contributed by atoms with Crippen LogP contribution in [0.15, 0.2) is 36.4 Å². The highest BCUT2D eigenvalue weighted by Crippen LogP contribution is 2.35. The number of nitrogens with two attached hydrogens (primary N) is 1. The Morgan fingerprint density at radius 2 is 1.86 bits per heavy atom. The van der Waals surface area contributed by atoms with Gasteiger partial charge < -0.3 is 10.5 Å². The predicted molar refractivity (Wildman–Crippen MR) is 67.0 cm³/mol. The van der Waals surface area contributed by atoms with Crippen LogP contribution >= 0.6 is 0 Å². The number of halogens is 4. The highest BCUT2D eigenvalue weighted by atomic mass is 19.4. The largest absolute Gasteiger partial charge is 0.456 e. The number of ether oxygens (including phenoxy) is 1. The smallest absolute Gasteiger partial charge is 0.416 e. The van der Waals surface area contributed by atoms with Crippen LogP contribution in [-0.2, 0) is 6.18 Å². The van der Waals surface area contributed by atoms with Crippen LogP contribution in [0.2, 0.25) is 0 Å². The molecule has 2 N–H and O–H groups in total. The molecule has 2 aromatic carbocycles. The van der Waals surface area contributed by atoms with Crippen LogP contribution in [0.3, 0.4) is 0 Å². The Kier molecular flexibility index (Phi) is 3.72. The van der Waals surface area contributed by atoms with Gasteiger partial charge in [0.15, 0.2) is 0 Å². The lowest BCUT2D eigenvalue weighted by atomic mass is 10.1. The minimum atomic E-state index is -4.59. The van der Waals surface area contributed by atoms with Crippen LogP contribution in [0.1, 0.15) is 11.1 Å². The van der Waals surface area contributed by atoms with E-state index in [-0.39, 0.29) is 17.2 Å². The fourth-order valence-electron chi connectivity index (χ4n) is 1.67. The first-order valence-corrected chi connectivity index (χ1v) is 5.65. The Bertz CT molecular complexity index is 720. The molecule has 0 aliphatic heterocycles. The van der Waals surface area contributed by atoms with Crippen molar-refractivity contribution in [2.75, 3.05) is 5.73 Å². The molecule has 0 bridgehead atoms. The van der Waals surface area contributed by atoms with Gasteiger partial charge in [-0.2, -0.15) is 18.4 Å². The van der Waals surface area contributed by atoms with Crippen LogP contribution in [0, 0.1) is 17.1 Å². The quantitative estimate of drug-likeness (QED) is 0.670. The van der Waals surface area contributed by atoms with E-state index in [0.717, 1.165) is 24.3 Å². The van der Waals surface area contributed by atoms with Crippen molar-refractivity contribution in [1.82, 2.24) is 0 Å². The minimum absolute atomic E-state index is 0.158. The number of nitriles is 1. The van der Waals surface area contributed by atoms with E-state index < -0.39 is 23.1 Å². The molecule has 0 aliphatic carbocycles. The summed E-state index contributed by atoms with van der Waals surface area (Å²) in [5.74, 6) is -1.24. The van der Waals surface area contributed by atoms with Crippen molar-refractivity contribution in [1.29, 1.82) is 5.26 Å². The summed E-state index contributed by atoms with van der Waals surface area (Å²) in [6.07, 6.45) is -4.59. The topological polar surface area (TPSA) is 59.0 Å². The molecule has 0 unspecified atom stereocenters. The highest BCUT2D eigenvalue weighted by molar-refractivity contribution is 5.51. The van der Waals surface area contributed by atoms with Gasteiger partial charge in [-0.25, -0.2) is 4.39 Å². The predicted octanol–water partition coefficient (Wildman–Crippen LogP) is 4.09. The monoisotopic (exact) mass is 296 g/mol. The summed E-state index contributed by atoms with van der Waals surface area (Å²) in [5, 5.41) is 8.84. The van der Waals surface area contributed by atoms with Gasteiger partial charge in [-0.05, 0) is 24.3 Å². The molecule has 3 nitrogen and oxygen atoms in total. The first-order chi connectivity index (χ1) is 9.81. The van der Waals surface area contributed by atoms with E-state index in [1.54, 1.807) is 6.07 Å². The van der Waals surface area contributed by atoms with Gasteiger partial charge in [0.2, 0.25) is 0 Å². The Hall–Kier alpha value is -2.75. The van der Waals surface area contributed by atoms with E-state index in [1.165, 1.54) is 12.1 Å². The van der Waals surface area contributed by atoms with Crippen molar-refractivity contribution in [3.8, 4) is 17.6 Å². The first-order valence-electron chi connectivity index (χ1n) is 5.65. The van der Waals surface area contributed by atoms with Crippen molar-refractivity contribution in [2.24, 2.45) is 0 Å². The third kappa shape index (κ3) is 3.23. The number of alkyl halides is 3. The molecule has 0 aromatic heterocycles. The Labute approximate surface area is 117 Å². The van der Waals surface area contributed by atoms with E-state index in [1.807, 2.05) is 0 Å². The summed E-state index contributed by atoms with van der Waals surface area (Å²) >= 11 is 0. The molecular formula is C14H8F4N2O. The summed E-state index contributed by atoms with van der Waals surface area (Å²) in [5.41, 5.74) is 3.85. The summed E-state index contributed by atoms with van der Waals surface area (Å²) in [6, 6.07) is 7.83. The highest BCUT2D eigenvalue weighted by Gasteiger charge is 2.31. The molecule has 0 fully saturated rings. The number of nitrogen functional groups attached to an aromatic ring is 1. The molecule has 108 valence electrons. The number of rotatable bonds is 2. The van der Waals surface area contributed by atoms with Gasteiger partial charge in [-0.1, -0.05) is 6.07 Å².